The second kappa shape index (κ2) is 2.71. The van der Waals surface area contributed by atoms with Crippen molar-refractivity contribution < 1.29 is 9.90 Å². The summed E-state index contributed by atoms with van der Waals surface area (Å²) in [4.78, 5) is 10.3. The van der Waals surface area contributed by atoms with Gasteiger partial charge in [0.05, 0.1) is 10.6 Å². The molecule has 2 nitrogen and oxygen atoms in total. The van der Waals surface area contributed by atoms with Crippen molar-refractivity contribution in [2.45, 2.75) is 0 Å². The molecule has 0 heterocycles. The minimum atomic E-state index is -0.995. The number of carboxylic acids is 1. The molecular weight excluding hydrogens is 158 g/mol. The summed E-state index contributed by atoms with van der Waals surface area (Å²) < 4.78 is 0. The predicted octanol–water partition coefficient (Wildman–Crippen LogP) is 2.04. The highest BCUT2D eigenvalue weighted by Gasteiger charge is 2.04. The Bertz CT molecular complexity index is 258. The van der Waals surface area contributed by atoms with Crippen molar-refractivity contribution in [1.82, 2.24) is 0 Å². The van der Waals surface area contributed by atoms with Crippen LogP contribution in [0.25, 0.3) is 0 Å². The van der Waals surface area contributed by atoms with Gasteiger partial charge in [-0.05, 0) is 12.1 Å². The van der Waals surface area contributed by atoms with Crippen LogP contribution in [0.1, 0.15) is 10.4 Å². The molecule has 0 fully saturated rings. The zero-order chi connectivity index (χ0) is 7.56. The Morgan fingerprint density at radius 3 is 2.40 bits per heavy atom. The van der Waals surface area contributed by atoms with Gasteiger partial charge in [-0.3, -0.25) is 0 Å². The first-order valence-electron chi connectivity index (χ1n) is 2.69. The minimum Gasteiger partial charge on any atom is -0.478 e. The second-order valence-corrected chi connectivity index (χ2v) is 2.19. The van der Waals surface area contributed by atoms with E-state index in [4.69, 9.17) is 16.7 Å². The van der Waals surface area contributed by atoms with Crippen LogP contribution in [0.2, 0.25) is 5.02 Å². The van der Waals surface area contributed by atoms with Gasteiger partial charge in [0.25, 0.3) is 0 Å². The van der Waals surface area contributed by atoms with E-state index in [1.165, 1.54) is 6.07 Å². The molecule has 0 aliphatic rings. The molecule has 0 atom stereocenters. The summed E-state index contributed by atoms with van der Waals surface area (Å²) in [7, 11) is 0. The van der Waals surface area contributed by atoms with Gasteiger partial charge in [-0.25, -0.2) is 4.79 Å². The van der Waals surface area contributed by atoms with E-state index in [0.717, 1.165) is 0 Å². The third-order valence-corrected chi connectivity index (χ3v) is 1.43. The molecule has 0 spiro atoms. The van der Waals surface area contributed by atoms with Crippen LogP contribution in [0, 0.1) is 0 Å². The summed E-state index contributed by atoms with van der Waals surface area (Å²) in [6.45, 7) is 0. The van der Waals surface area contributed by atoms with Gasteiger partial charge in [-0.15, -0.1) is 0 Å². The highest BCUT2D eigenvalue weighted by atomic mass is 35.5. The Labute approximate surface area is 63.1 Å². The lowest BCUT2D eigenvalue weighted by Gasteiger charge is -1.94. The van der Waals surface area contributed by atoms with Crippen LogP contribution in [0.5, 0.6) is 0 Å². The molecule has 0 radical (unpaired) electrons. The molecular formula is C7H5ClO2. The van der Waals surface area contributed by atoms with Gasteiger partial charge in [-0.2, -0.15) is 0 Å². The molecule has 0 saturated heterocycles. The third-order valence-electron chi connectivity index (χ3n) is 1.10. The molecule has 1 N–H and O–H groups in total. The third kappa shape index (κ3) is 1.28. The molecule has 0 saturated carbocycles. The van der Waals surface area contributed by atoms with Gasteiger partial charge in [-0.1, -0.05) is 23.7 Å². The van der Waals surface area contributed by atoms with E-state index in [-0.39, 0.29) is 10.6 Å². The molecule has 1 aromatic rings. The summed E-state index contributed by atoms with van der Waals surface area (Å²) in [6.07, 6.45) is 0. The topological polar surface area (TPSA) is 37.3 Å². The molecule has 10 heavy (non-hydrogen) atoms. The molecule has 0 aromatic heterocycles. The summed E-state index contributed by atoms with van der Waals surface area (Å²) in [6, 6.07) is 6.33. The number of aromatic carboxylic acids is 1. The Hall–Kier alpha value is -1.02. The molecule has 3 heteroatoms. The number of carboxylic acid groups (broad SMARTS) is 1. The lowest BCUT2D eigenvalue weighted by atomic mass is 11.2. The van der Waals surface area contributed by atoms with E-state index < -0.39 is 5.97 Å². The molecule has 1 aromatic carbocycles. The summed E-state index contributed by atoms with van der Waals surface area (Å²) >= 11 is 5.54. The van der Waals surface area contributed by atoms with Crippen molar-refractivity contribution in [2.24, 2.45) is 0 Å². The normalized spacial score (nSPS) is 9.30. The Kier molecular flexibility index (Phi) is 1.92. The highest BCUT2D eigenvalue weighted by molar-refractivity contribution is 6.33. The van der Waals surface area contributed by atoms with Gasteiger partial charge in [0.15, 0.2) is 0 Å². The summed E-state index contributed by atoms with van der Waals surface area (Å²) in [5.74, 6) is -0.995. The van der Waals surface area contributed by atoms with Crippen LogP contribution < -0.4 is 0 Å². The van der Waals surface area contributed by atoms with Crippen LogP contribution in [0.3, 0.4) is 0 Å². The zero-order valence-electron chi connectivity index (χ0n) is 5.04. The van der Waals surface area contributed by atoms with E-state index in [1.54, 1.807) is 18.2 Å². The Morgan fingerprint density at radius 2 is 2.00 bits per heavy atom. The quantitative estimate of drug-likeness (QED) is 0.644. The molecule has 0 bridgehead atoms. The first-order chi connectivity index (χ1) is 4.72. The van der Waals surface area contributed by atoms with Gasteiger partial charge >= 0.3 is 5.97 Å². The number of rotatable bonds is 1. The largest absolute Gasteiger partial charge is 0.478 e. The van der Waals surface area contributed by atoms with Crippen molar-refractivity contribution >= 4 is 17.6 Å². The monoisotopic (exact) mass is 163 g/mol. The number of halogens is 1. The lowest BCUT2D eigenvalue weighted by molar-refractivity contribution is 0.0697. The molecule has 1 rings (SSSR count). The fourth-order valence-electron chi connectivity index (χ4n) is 0.635. The first kappa shape index (κ1) is 7.09. The van der Waals surface area contributed by atoms with Crippen molar-refractivity contribution in [3.8, 4) is 0 Å². The van der Waals surface area contributed by atoms with Gasteiger partial charge < -0.3 is 5.11 Å². The van der Waals surface area contributed by atoms with Crippen molar-refractivity contribution in [3.05, 3.63) is 34.9 Å². The average Bonchev–Trinajstić information content (AvgIpc) is 1.88. The predicted molar refractivity (Wildman–Crippen MR) is 38.4 cm³/mol. The van der Waals surface area contributed by atoms with Crippen molar-refractivity contribution in [3.63, 3.8) is 0 Å². The van der Waals surface area contributed by atoms with E-state index in [0.29, 0.717) is 0 Å². The smallest absolute Gasteiger partial charge is 0.337 e. The number of hydrogen-bond donors (Lipinski definition) is 1. The van der Waals surface area contributed by atoms with Crippen molar-refractivity contribution in [1.29, 1.82) is 0 Å². The number of hydrogen-bond acceptors (Lipinski definition) is 1. The van der Waals surface area contributed by atoms with E-state index >= 15 is 0 Å². The van der Waals surface area contributed by atoms with Crippen LogP contribution in [0.15, 0.2) is 24.3 Å². The standard InChI is InChI=1S/C7H5ClO2/c8-6-4-2-1-3-5(6)7(9)10/h1-4H,(H,9,10)/i1+1,2+1,3+1,4+1,5+1,6+1,7+1. The maximum absolute atomic E-state index is 10.3. The minimum absolute atomic E-state index is 0.143. The van der Waals surface area contributed by atoms with Crippen LogP contribution in [-0.4, -0.2) is 11.1 Å². The fraction of sp³-hybridized carbons (Fsp3) is 0. The lowest BCUT2D eigenvalue weighted by Crippen LogP contribution is -1.95. The average molecular weight is 164 g/mol. The summed E-state index contributed by atoms with van der Waals surface area (Å²) in [5, 5.41) is 8.75. The van der Waals surface area contributed by atoms with Gasteiger partial charge in [0.1, 0.15) is 0 Å². The van der Waals surface area contributed by atoms with Crippen LogP contribution in [0.4, 0.5) is 0 Å². The Morgan fingerprint density at radius 1 is 1.40 bits per heavy atom. The van der Waals surface area contributed by atoms with Crippen LogP contribution in [-0.2, 0) is 0 Å². The SMILES string of the molecule is O=[13C](O)[13c]1[13cH][13cH][13cH][13cH][13c]1Cl. The molecule has 0 aliphatic carbocycles. The zero-order valence-corrected chi connectivity index (χ0v) is 5.80. The molecule has 0 unspecified atom stereocenters. The van der Waals surface area contributed by atoms with E-state index in [2.05, 4.69) is 0 Å². The number of benzene rings is 1. The maximum atomic E-state index is 10.3. The molecule has 52 valence electrons. The van der Waals surface area contributed by atoms with Crippen molar-refractivity contribution in [2.75, 3.05) is 0 Å². The highest BCUT2D eigenvalue weighted by Crippen LogP contribution is 2.13. The fourth-order valence-corrected chi connectivity index (χ4v) is 0.851. The van der Waals surface area contributed by atoms with Gasteiger partial charge in [0, 0.05) is 0 Å². The van der Waals surface area contributed by atoms with E-state index in [9.17, 15) is 4.79 Å². The molecule has 0 amide bonds. The first-order valence-corrected chi connectivity index (χ1v) is 3.07. The number of carbonyl (C=O) groups is 1. The summed E-state index contributed by atoms with van der Waals surface area (Å²) in [5.41, 5.74) is 0.143. The maximum Gasteiger partial charge on any atom is 0.337 e. The van der Waals surface area contributed by atoms with E-state index in [1.807, 2.05) is 0 Å². The van der Waals surface area contributed by atoms with Gasteiger partial charge in [0.2, 0.25) is 0 Å². The molecule has 0 aliphatic heterocycles. The second-order valence-electron chi connectivity index (χ2n) is 1.78. The van der Waals surface area contributed by atoms with Crippen LogP contribution >= 0.6 is 11.6 Å². The Balaban J connectivity index is 3.15.